The zero-order chi connectivity index (χ0) is 15.2. The lowest BCUT2D eigenvalue weighted by Gasteiger charge is -2.28. The van der Waals surface area contributed by atoms with Crippen LogP contribution in [0.5, 0.6) is 0 Å². The first-order chi connectivity index (χ1) is 9.38. The maximum absolute atomic E-state index is 11.8. The average molecular weight is 285 g/mol. The minimum atomic E-state index is -0.922. The molecule has 3 amide bonds. The number of hydrogen-bond acceptors (Lipinski definition) is 3. The molecule has 0 heterocycles. The van der Waals surface area contributed by atoms with Gasteiger partial charge in [-0.2, -0.15) is 0 Å². The summed E-state index contributed by atoms with van der Waals surface area (Å²) in [7, 11) is 1.66. The van der Waals surface area contributed by atoms with Gasteiger partial charge in [-0.3, -0.25) is 9.59 Å². The second-order valence-corrected chi connectivity index (χ2v) is 5.27. The van der Waals surface area contributed by atoms with E-state index >= 15 is 0 Å². The quantitative estimate of drug-likeness (QED) is 0.663. The van der Waals surface area contributed by atoms with Crippen molar-refractivity contribution in [2.45, 2.75) is 44.6 Å². The molecule has 0 saturated heterocycles. The molecule has 114 valence electrons. The van der Waals surface area contributed by atoms with Gasteiger partial charge in [-0.1, -0.05) is 12.8 Å². The fourth-order valence-electron chi connectivity index (χ4n) is 2.44. The van der Waals surface area contributed by atoms with E-state index in [2.05, 4.69) is 10.6 Å². The summed E-state index contributed by atoms with van der Waals surface area (Å²) in [4.78, 5) is 35.8. The van der Waals surface area contributed by atoms with Gasteiger partial charge in [0.05, 0.1) is 18.5 Å². The van der Waals surface area contributed by atoms with Crippen LogP contribution in [0, 0.1) is 0 Å². The molecule has 0 spiro atoms. The molecule has 0 aliphatic heterocycles. The van der Waals surface area contributed by atoms with Crippen LogP contribution in [0.3, 0.4) is 0 Å². The fourth-order valence-corrected chi connectivity index (χ4v) is 2.44. The molecule has 0 unspecified atom stereocenters. The zero-order valence-electron chi connectivity index (χ0n) is 12.1. The second-order valence-electron chi connectivity index (χ2n) is 5.27. The molecule has 0 bridgehead atoms. The molecule has 0 radical (unpaired) electrons. The molecule has 0 aromatic rings. The first-order valence-electron chi connectivity index (χ1n) is 6.90. The number of nitrogens with one attached hydrogen (secondary N) is 2. The Kier molecular flexibility index (Phi) is 5.79. The van der Waals surface area contributed by atoms with E-state index in [1.807, 2.05) is 6.92 Å². The van der Waals surface area contributed by atoms with Crippen LogP contribution in [0.25, 0.3) is 0 Å². The second kappa shape index (κ2) is 7.12. The number of rotatable bonds is 6. The van der Waals surface area contributed by atoms with E-state index in [-0.39, 0.29) is 18.9 Å². The SMILES string of the molecule is CCN(C)C(=O)CNC(=O)NC1(CC(=O)O)CCCC1. The number of urea groups is 1. The Hall–Kier alpha value is -1.79. The van der Waals surface area contributed by atoms with E-state index < -0.39 is 17.5 Å². The van der Waals surface area contributed by atoms with Gasteiger partial charge in [0, 0.05) is 13.6 Å². The summed E-state index contributed by atoms with van der Waals surface area (Å²) in [5.41, 5.74) is -0.671. The highest BCUT2D eigenvalue weighted by Gasteiger charge is 2.37. The van der Waals surface area contributed by atoms with Crippen molar-refractivity contribution >= 4 is 17.9 Å². The van der Waals surface area contributed by atoms with Crippen LogP contribution in [0.4, 0.5) is 4.79 Å². The largest absolute Gasteiger partial charge is 0.481 e. The summed E-state index contributed by atoms with van der Waals surface area (Å²) in [6.07, 6.45) is 3.06. The molecule has 0 aromatic carbocycles. The lowest BCUT2D eigenvalue weighted by molar-refractivity contribution is -0.138. The Bertz CT molecular complexity index is 378. The van der Waals surface area contributed by atoms with Crippen LogP contribution in [-0.2, 0) is 9.59 Å². The molecule has 20 heavy (non-hydrogen) atoms. The Balaban J connectivity index is 2.47. The minimum Gasteiger partial charge on any atom is -0.481 e. The molecule has 1 saturated carbocycles. The number of aliphatic carboxylic acids is 1. The molecule has 7 heteroatoms. The van der Waals surface area contributed by atoms with Crippen molar-refractivity contribution in [3.8, 4) is 0 Å². The average Bonchev–Trinajstić information content (AvgIpc) is 2.82. The number of carbonyl (C=O) groups excluding carboxylic acids is 2. The van der Waals surface area contributed by atoms with Gasteiger partial charge in [0.15, 0.2) is 0 Å². The maximum atomic E-state index is 11.8. The maximum Gasteiger partial charge on any atom is 0.315 e. The third-order valence-electron chi connectivity index (χ3n) is 3.73. The van der Waals surface area contributed by atoms with Crippen molar-refractivity contribution in [2.24, 2.45) is 0 Å². The Morgan fingerprint density at radius 1 is 1.25 bits per heavy atom. The van der Waals surface area contributed by atoms with Crippen LogP contribution in [0.15, 0.2) is 0 Å². The van der Waals surface area contributed by atoms with Crippen LogP contribution >= 0.6 is 0 Å². The third-order valence-corrected chi connectivity index (χ3v) is 3.73. The van der Waals surface area contributed by atoms with Crippen LogP contribution < -0.4 is 10.6 Å². The van der Waals surface area contributed by atoms with Gasteiger partial charge in [0.1, 0.15) is 0 Å². The number of carboxylic acid groups (broad SMARTS) is 1. The standard InChI is InChI=1S/C13H23N3O4/c1-3-16(2)10(17)9-14-12(20)15-13(8-11(18)19)6-4-5-7-13/h3-9H2,1-2H3,(H,18,19)(H2,14,15,20). The number of amides is 3. The summed E-state index contributed by atoms with van der Waals surface area (Å²) in [6, 6.07) is -0.481. The monoisotopic (exact) mass is 285 g/mol. The zero-order valence-corrected chi connectivity index (χ0v) is 12.1. The Labute approximate surface area is 118 Å². The van der Waals surface area contributed by atoms with E-state index in [0.29, 0.717) is 19.4 Å². The van der Waals surface area contributed by atoms with Crippen LogP contribution in [0.2, 0.25) is 0 Å². The summed E-state index contributed by atoms with van der Waals surface area (Å²) < 4.78 is 0. The number of hydrogen-bond donors (Lipinski definition) is 3. The van der Waals surface area contributed by atoms with E-state index in [1.54, 1.807) is 7.05 Å². The molecule has 1 rings (SSSR count). The smallest absolute Gasteiger partial charge is 0.315 e. The van der Waals surface area contributed by atoms with Gasteiger partial charge in [-0.25, -0.2) is 4.79 Å². The topological polar surface area (TPSA) is 98.7 Å². The van der Waals surface area contributed by atoms with Crippen LogP contribution in [0.1, 0.15) is 39.0 Å². The highest BCUT2D eigenvalue weighted by Crippen LogP contribution is 2.32. The number of likely N-dealkylation sites (N-methyl/N-ethyl adjacent to an activating group) is 1. The summed E-state index contributed by atoms with van der Waals surface area (Å²) in [5.74, 6) is -1.10. The molecule has 0 atom stereocenters. The van der Waals surface area contributed by atoms with Gasteiger partial charge in [0.25, 0.3) is 0 Å². The first kappa shape index (κ1) is 16.3. The first-order valence-corrected chi connectivity index (χ1v) is 6.90. The van der Waals surface area contributed by atoms with Gasteiger partial charge in [-0.05, 0) is 19.8 Å². The lowest BCUT2D eigenvalue weighted by Crippen LogP contribution is -2.53. The molecule has 1 aliphatic rings. The van der Waals surface area contributed by atoms with E-state index in [0.717, 1.165) is 12.8 Å². The number of nitrogens with zero attached hydrogens (tertiary/aromatic N) is 1. The third kappa shape index (κ3) is 4.71. The minimum absolute atomic E-state index is 0.0801. The summed E-state index contributed by atoms with van der Waals surface area (Å²) >= 11 is 0. The van der Waals surface area contributed by atoms with Crippen molar-refractivity contribution in [3.63, 3.8) is 0 Å². The van der Waals surface area contributed by atoms with Crippen molar-refractivity contribution in [1.82, 2.24) is 15.5 Å². The van der Waals surface area contributed by atoms with Gasteiger partial charge in [0.2, 0.25) is 5.91 Å². The lowest BCUT2D eigenvalue weighted by atomic mass is 9.93. The van der Waals surface area contributed by atoms with Crippen molar-refractivity contribution in [3.05, 3.63) is 0 Å². The summed E-state index contributed by atoms with van der Waals surface area (Å²) in [5, 5.41) is 14.2. The molecule has 1 aliphatic carbocycles. The van der Waals surface area contributed by atoms with E-state index in [4.69, 9.17) is 5.11 Å². The highest BCUT2D eigenvalue weighted by molar-refractivity contribution is 5.84. The highest BCUT2D eigenvalue weighted by atomic mass is 16.4. The predicted molar refractivity (Wildman–Crippen MR) is 73.3 cm³/mol. The summed E-state index contributed by atoms with van der Waals surface area (Å²) in [6.45, 7) is 2.34. The molecule has 0 aromatic heterocycles. The molecular formula is C13H23N3O4. The van der Waals surface area contributed by atoms with E-state index in [1.165, 1.54) is 4.90 Å². The molecule has 7 nitrogen and oxygen atoms in total. The van der Waals surface area contributed by atoms with Crippen molar-refractivity contribution < 1.29 is 19.5 Å². The predicted octanol–water partition coefficient (Wildman–Crippen LogP) is 0.551. The van der Waals surface area contributed by atoms with Gasteiger partial charge >= 0.3 is 12.0 Å². The molecule has 1 fully saturated rings. The fraction of sp³-hybridized carbons (Fsp3) is 0.769. The van der Waals surface area contributed by atoms with Crippen molar-refractivity contribution in [1.29, 1.82) is 0 Å². The van der Waals surface area contributed by atoms with Crippen LogP contribution in [-0.4, -0.2) is 53.6 Å². The van der Waals surface area contributed by atoms with Crippen molar-refractivity contribution in [2.75, 3.05) is 20.1 Å². The molecule has 3 N–H and O–H groups in total. The van der Waals surface area contributed by atoms with Gasteiger partial charge in [-0.15, -0.1) is 0 Å². The molecular weight excluding hydrogens is 262 g/mol. The Morgan fingerprint density at radius 2 is 1.85 bits per heavy atom. The van der Waals surface area contributed by atoms with Gasteiger partial charge < -0.3 is 20.6 Å². The number of carboxylic acids is 1. The van der Waals surface area contributed by atoms with E-state index in [9.17, 15) is 14.4 Å². The normalized spacial score (nSPS) is 16.5. The Morgan fingerprint density at radius 3 is 2.35 bits per heavy atom. The number of carbonyl (C=O) groups is 3.